The van der Waals surface area contributed by atoms with Crippen LogP contribution in [0.2, 0.25) is 0 Å². The van der Waals surface area contributed by atoms with Crippen LogP contribution in [0.1, 0.15) is 44.6 Å². The first kappa shape index (κ1) is 28.0. The Hall–Kier alpha value is -4.06. The smallest absolute Gasteiger partial charge is 0.277 e. The van der Waals surface area contributed by atoms with E-state index in [1.54, 1.807) is 29.6 Å². The second kappa shape index (κ2) is 11.8. The molecule has 0 unspecified atom stereocenters. The average molecular weight is 556 g/mol. The van der Waals surface area contributed by atoms with Gasteiger partial charge in [0.2, 0.25) is 0 Å². The number of aromatic amines is 1. The molecule has 39 heavy (non-hydrogen) atoms. The highest BCUT2D eigenvalue weighted by Gasteiger charge is 2.21. The van der Waals surface area contributed by atoms with E-state index in [9.17, 15) is 13.2 Å². The Bertz CT molecular complexity index is 1640. The zero-order chi connectivity index (χ0) is 28.2. The van der Waals surface area contributed by atoms with Gasteiger partial charge >= 0.3 is 0 Å². The number of anilines is 1. The summed E-state index contributed by atoms with van der Waals surface area (Å²) in [7, 11) is -1.07. The number of fused-ring (bicyclic) bond motifs is 1. The van der Waals surface area contributed by atoms with Gasteiger partial charge in [0.25, 0.3) is 15.6 Å². The van der Waals surface area contributed by atoms with Crippen LogP contribution in [0.15, 0.2) is 46.1 Å². The fraction of sp³-hybridized carbons (Fsp3) is 0.370. The summed E-state index contributed by atoms with van der Waals surface area (Å²) >= 11 is 0. The normalized spacial score (nSPS) is 11.5. The molecule has 0 fully saturated rings. The van der Waals surface area contributed by atoms with Crippen molar-refractivity contribution in [3.63, 3.8) is 0 Å². The fourth-order valence-corrected chi connectivity index (χ4v) is 5.38. The molecule has 4 rings (SSSR count). The second-order valence-electron chi connectivity index (χ2n) is 8.90. The molecule has 4 aromatic rings. The Morgan fingerprint density at radius 2 is 1.74 bits per heavy atom. The molecule has 0 spiro atoms. The lowest BCUT2D eigenvalue weighted by Crippen LogP contribution is -2.17. The molecule has 208 valence electrons. The molecule has 0 aliphatic carbocycles. The monoisotopic (exact) mass is 555 g/mol. The van der Waals surface area contributed by atoms with Crippen molar-refractivity contribution >= 4 is 21.2 Å². The number of unbranched alkanes of at least 4 members (excludes halogenated alkanes) is 2. The fourth-order valence-electron chi connectivity index (χ4n) is 4.31. The summed E-state index contributed by atoms with van der Waals surface area (Å²) < 4.78 is 47.1. The first-order valence-corrected chi connectivity index (χ1v) is 14.2. The summed E-state index contributed by atoms with van der Waals surface area (Å²) in [5.41, 5.74) is 1.20. The number of ether oxygens (including phenoxy) is 3. The number of nitrogens with one attached hydrogen (secondary N) is 2. The van der Waals surface area contributed by atoms with Gasteiger partial charge in [0.15, 0.2) is 22.8 Å². The molecule has 0 bridgehead atoms. The number of rotatable bonds is 12. The van der Waals surface area contributed by atoms with Gasteiger partial charge in [-0.2, -0.15) is 0 Å². The lowest BCUT2D eigenvalue weighted by atomic mass is 10.2. The minimum Gasteiger partial charge on any atom is -0.493 e. The Labute approximate surface area is 227 Å². The molecule has 2 heterocycles. The summed E-state index contributed by atoms with van der Waals surface area (Å²) in [4.78, 5) is 20.4. The van der Waals surface area contributed by atoms with Crippen molar-refractivity contribution in [2.75, 3.05) is 25.5 Å². The third-order valence-electron chi connectivity index (χ3n) is 6.20. The van der Waals surface area contributed by atoms with E-state index in [2.05, 4.69) is 26.7 Å². The highest BCUT2D eigenvalue weighted by Crippen LogP contribution is 2.33. The van der Waals surface area contributed by atoms with Crippen LogP contribution in [-0.2, 0) is 16.4 Å². The van der Waals surface area contributed by atoms with E-state index in [0.29, 0.717) is 58.6 Å². The average Bonchev–Trinajstić information content (AvgIpc) is 3.24. The van der Waals surface area contributed by atoms with Gasteiger partial charge in [0.05, 0.1) is 42.7 Å². The number of methoxy groups -OCH3 is 2. The predicted octanol–water partition coefficient (Wildman–Crippen LogP) is 4.34. The van der Waals surface area contributed by atoms with Gasteiger partial charge in [-0.25, -0.2) is 17.9 Å². The van der Waals surface area contributed by atoms with Crippen LogP contribution in [-0.4, -0.2) is 48.8 Å². The van der Waals surface area contributed by atoms with E-state index in [4.69, 9.17) is 14.2 Å². The van der Waals surface area contributed by atoms with E-state index in [1.165, 1.54) is 32.4 Å². The molecule has 0 aliphatic rings. The summed E-state index contributed by atoms with van der Waals surface area (Å²) in [6.07, 6.45) is 3.67. The maximum absolute atomic E-state index is 13.4. The van der Waals surface area contributed by atoms with Gasteiger partial charge in [0.1, 0.15) is 11.6 Å². The summed E-state index contributed by atoms with van der Waals surface area (Å²) in [6.45, 7) is 6.04. The molecular weight excluding hydrogens is 522 g/mol. The number of imidazole rings is 1. The van der Waals surface area contributed by atoms with Crippen molar-refractivity contribution in [2.45, 2.75) is 51.3 Å². The number of benzene rings is 2. The predicted molar refractivity (Wildman–Crippen MR) is 149 cm³/mol. The first-order valence-electron chi connectivity index (χ1n) is 12.7. The Morgan fingerprint density at radius 1 is 1.00 bits per heavy atom. The second-order valence-corrected chi connectivity index (χ2v) is 10.6. The summed E-state index contributed by atoms with van der Waals surface area (Å²) in [5.74, 6) is 2.09. The molecule has 11 nitrogen and oxygen atoms in total. The molecule has 2 aromatic heterocycles. The van der Waals surface area contributed by atoms with Crippen LogP contribution >= 0.6 is 0 Å². The molecule has 0 amide bonds. The van der Waals surface area contributed by atoms with Crippen molar-refractivity contribution in [1.82, 2.24) is 19.6 Å². The van der Waals surface area contributed by atoms with Crippen LogP contribution in [0.5, 0.6) is 17.2 Å². The van der Waals surface area contributed by atoms with Gasteiger partial charge in [-0.1, -0.05) is 19.8 Å². The van der Waals surface area contributed by atoms with Crippen molar-refractivity contribution in [3.05, 3.63) is 58.3 Å². The number of H-pyrrole nitrogens is 1. The van der Waals surface area contributed by atoms with Gasteiger partial charge in [-0.15, -0.1) is 5.10 Å². The van der Waals surface area contributed by atoms with Crippen molar-refractivity contribution in [1.29, 1.82) is 0 Å². The molecule has 0 saturated heterocycles. The minimum atomic E-state index is -4.03. The number of hydrogen-bond acceptors (Lipinski definition) is 8. The summed E-state index contributed by atoms with van der Waals surface area (Å²) in [5, 5.41) is 4.67. The molecule has 0 radical (unpaired) electrons. The van der Waals surface area contributed by atoms with Gasteiger partial charge < -0.3 is 19.2 Å². The number of sulfonamides is 1. The number of aromatic nitrogens is 4. The summed E-state index contributed by atoms with van der Waals surface area (Å²) in [6, 6.07) is 9.12. The zero-order valence-electron chi connectivity index (χ0n) is 22.7. The SMILES string of the molecule is CCCCCc1nc(C)c2c(=O)[nH]c(-c3cc(S(=O)(=O)Nc4ccc(OC)c(OC)c4)ccc3OCC)nn12. The first-order chi connectivity index (χ1) is 18.7. The van der Waals surface area contributed by atoms with Crippen molar-refractivity contribution in [3.8, 4) is 28.6 Å². The lowest BCUT2D eigenvalue weighted by molar-refractivity contribution is 0.341. The third kappa shape index (κ3) is 5.85. The third-order valence-corrected chi connectivity index (χ3v) is 7.58. The van der Waals surface area contributed by atoms with E-state index in [1.807, 2.05) is 6.92 Å². The molecular formula is C27H33N5O6S. The number of nitrogens with zero attached hydrogens (tertiary/aromatic N) is 3. The van der Waals surface area contributed by atoms with Gasteiger partial charge in [-0.05, 0) is 50.6 Å². The molecule has 0 aliphatic heterocycles. The van der Waals surface area contributed by atoms with E-state index in [0.717, 1.165) is 19.3 Å². The molecule has 0 saturated carbocycles. The Balaban J connectivity index is 1.79. The zero-order valence-corrected chi connectivity index (χ0v) is 23.5. The van der Waals surface area contributed by atoms with Crippen LogP contribution in [0.25, 0.3) is 16.9 Å². The number of aryl methyl sites for hydroxylation is 2. The van der Waals surface area contributed by atoms with E-state index in [-0.39, 0.29) is 16.3 Å². The van der Waals surface area contributed by atoms with Crippen molar-refractivity contribution in [2.24, 2.45) is 0 Å². The lowest BCUT2D eigenvalue weighted by Gasteiger charge is -2.14. The van der Waals surface area contributed by atoms with Gasteiger partial charge in [0, 0.05) is 12.5 Å². The highest BCUT2D eigenvalue weighted by atomic mass is 32.2. The Morgan fingerprint density at radius 3 is 2.44 bits per heavy atom. The van der Waals surface area contributed by atoms with Crippen molar-refractivity contribution < 1.29 is 22.6 Å². The van der Waals surface area contributed by atoms with E-state index < -0.39 is 10.0 Å². The van der Waals surface area contributed by atoms with Crippen LogP contribution in [0, 0.1) is 6.92 Å². The largest absolute Gasteiger partial charge is 0.493 e. The van der Waals surface area contributed by atoms with Crippen LogP contribution in [0.3, 0.4) is 0 Å². The van der Waals surface area contributed by atoms with Crippen LogP contribution < -0.4 is 24.5 Å². The maximum atomic E-state index is 13.4. The standard InChI is InChI=1S/C27H33N5O6S/c1-6-8-9-10-24-28-17(3)25-27(33)29-26(30-32(24)25)20-16-19(12-14-21(20)38-7-2)39(34,35)31-18-11-13-22(36-4)23(15-18)37-5/h11-16,31H,6-10H2,1-5H3,(H,29,30,33). The topological polar surface area (TPSA) is 137 Å². The quantitative estimate of drug-likeness (QED) is 0.246. The maximum Gasteiger partial charge on any atom is 0.277 e. The van der Waals surface area contributed by atoms with Gasteiger partial charge in [-0.3, -0.25) is 9.52 Å². The molecule has 0 atom stereocenters. The Kier molecular flexibility index (Phi) is 8.44. The minimum absolute atomic E-state index is 0.0385. The highest BCUT2D eigenvalue weighted by molar-refractivity contribution is 7.92. The molecule has 2 N–H and O–H groups in total. The van der Waals surface area contributed by atoms with Crippen LogP contribution in [0.4, 0.5) is 5.69 Å². The molecule has 2 aromatic carbocycles. The number of hydrogen-bond donors (Lipinski definition) is 2. The van der Waals surface area contributed by atoms with E-state index >= 15 is 0 Å². The molecule has 12 heteroatoms.